The summed E-state index contributed by atoms with van der Waals surface area (Å²) in [6, 6.07) is -3.31. The average Bonchev–Trinajstić information content (AvgIpc) is 2.46. The first-order chi connectivity index (χ1) is 6.41. The Bertz CT molecular complexity index is 346. The molecule has 0 aliphatic carbocycles. The van der Waals surface area contributed by atoms with Crippen LogP contribution in [0.5, 0.6) is 0 Å². The number of alkyl halides is 4. The van der Waals surface area contributed by atoms with Crippen LogP contribution < -0.4 is 0 Å². The Kier molecular flexibility index (Phi) is 1.80. The highest BCUT2D eigenvalue weighted by Crippen LogP contribution is 2.37. The van der Waals surface area contributed by atoms with Crippen molar-refractivity contribution in [1.29, 1.82) is 0 Å². The maximum Gasteiger partial charge on any atom is 0.331 e. The van der Waals surface area contributed by atoms with Crippen LogP contribution in [0.15, 0.2) is 6.33 Å². The van der Waals surface area contributed by atoms with Crippen LogP contribution in [0.3, 0.4) is 0 Å². The van der Waals surface area contributed by atoms with Gasteiger partial charge in [0.05, 0.1) is 6.42 Å². The number of nitrogens with zero attached hydrogens (tertiary/aromatic N) is 3. The molecule has 14 heavy (non-hydrogen) atoms. The summed E-state index contributed by atoms with van der Waals surface area (Å²) in [5, 5.41) is 6.47. The van der Waals surface area contributed by atoms with Crippen LogP contribution in [0, 0.1) is 0 Å². The molecule has 0 saturated carbocycles. The lowest BCUT2D eigenvalue weighted by Gasteiger charge is -2.15. The number of hydrogen-bond acceptors (Lipinski definition) is 2. The van der Waals surface area contributed by atoms with E-state index in [2.05, 4.69) is 10.2 Å². The molecule has 0 unspecified atom stereocenters. The molecule has 3 nitrogen and oxygen atoms in total. The van der Waals surface area contributed by atoms with E-state index in [0.717, 1.165) is 6.33 Å². The standard InChI is InChI=1S/C7H7F4N3/c8-6(9)1-2-7(10,11)14-4-12-13-5(14)3-6/h4H,1-3H2. The van der Waals surface area contributed by atoms with Crippen molar-refractivity contribution in [2.45, 2.75) is 31.2 Å². The lowest BCUT2D eigenvalue weighted by atomic mass is 10.1. The van der Waals surface area contributed by atoms with Gasteiger partial charge in [-0.15, -0.1) is 10.2 Å². The molecule has 78 valence electrons. The van der Waals surface area contributed by atoms with Crippen molar-refractivity contribution < 1.29 is 17.6 Å². The van der Waals surface area contributed by atoms with Crippen LogP contribution >= 0.6 is 0 Å². The molecule has 0 saturated heterocycles. The van der Waals surface area contributed by atoms with Gasteiger partial charge in [-0.25, -0.2) is 8.78 Å². The third-order valence-corrected chi connectivity index (χ3v) is 2.18. The van der Waals surface area contributed by atoms with Crippen LogP contribution in [0.4, 0.5) is 17.6 Å². The van der Waals surface area contributed by atoms with Gasteiger partial charge in [-0.2, -0.15) is 8.78 Å². The molecule has 0 radical (unpaired) electrons. The normalized spacial score (nSPS) is 24.0. The summed E-state index contributed by atoms with van der Waals surface area (Å²) in [5.41, 5.74) is 0. The summed E-state index contributed by atoms with van der Waals surface area (Å²) in [6.45, 7) is 0. The van der Waals surface area contributed by atoms with Crippen molar-refractivity contribution in [2.75, 3.05) is 0 Å². The van der Waals surface area contributed by atoms with E-state index in [1.54, 1.807) is 0 Å². The second-order valence-corrected chi connectivity index (χ2v) is 3.32. The van der Waals surface area contributed by atoms with Gasteiger partial charge in [-0.3, -0.25) is 4.57 Å². The molecule has 0 atom stereocenters. The molecule has 0 aromatic carbocycles. The van der Waals surface area contributed by atoms with Crippen LogP contribution in [0.25, 0.3) is 0 Å². The predicted molar refractivity (Wildman–Crippen MR) is 38.1 cm³/mol. The minimum absolute atomic E-state index is 0.363. The molecule has 2 rings (SSSR count). The fraction of sp³-hybridized carbons (Fsp3) is 0.714. The van der Waals surface area contributed by atoms with Crippen LogP contribution in [0.2, 0.25) is 0 Å². The van der Waals surface area contributed by atoms with E-state index in [1.807, 2.05) is 0 Å². The topological polar surface area (TPSA) is 30.7 Å². The molecule has 2 heterocycles. The highest BCUT2D eigenvalue weighted by atomic mass is 19.3. The zero-order chi connectivity index (χ0) is 10.4. The Balaban J connectivity index is 2.44. The Hall–Kier alpha value is -1.14. The molecule has 0 amide bonds. The van der Waals surface area contributed by atoms with Gasteiger partial charge in [0.1, 0.15) is 12.2 Å². The zero-order valence-corrected chi connectivity index (χ0v) is 7.05. The average molecular weight is 209 g/mol. The smallest absolute Gasteiger partial charge is 0.256 e. The molecule has 1 aliphatic heterocycles. The first-order valence-electron chi connectivity index (χ1n) is 4.06. The van der Waals surface area contributed by atoms with Crippen LogP contribution in [-0.2, 0) is 12.5 Å². The van der Waals surface area contributed by atoms with E-state index >= 15 is 0 Å². The molecule has 0 N–H and O–H groups in total. The van der Waals surface area contributed by atoms with Crippen LogP contribution in [-0.4, -0.2) is 20.7 Å². The first-order valence-corrected chi connectivity index (χ1v) is 4.06. The highest BCUT2D eigenvalue weighted by Gasteiger charge is 2.44. The third kappa shape index (κ3) is 1.46. The molecule has 7 heteroatoms. The highest BCUT2D eigenvalue weighted by molar-refractivity contribution is 4.97. The molecule has 1 aromatic rings. The lowest BCUT2D eigenvalue weighted by molar-refractivity contribution is -0.102. The summed E-state index contributed by atoms with van der Waals surface area (Å²) in [4.78, 5) is 0. The number of aromatic nitrogens is 3. The summed E-state index contributed by atoms with van der Waals surface area (Å²) in [6.07, 6.45) is -1.70. The largest absolute Gasteiger partial charge is 0.331 e. The van der Waals surface area contributed by atoms with E-state index < -0.39 is 31.2 Å². The number of fused-ring (bicyclic) bond motifs is 1. The predicted octanol–water partition coefficient (Wildman–Crippen LogP) is 1.80. The first kappa shape index (κ1) is 9.42. The van der Waals surface area contributed by atoms with Crippen molar-refractivity contribution in [3.63, 3.8) is 0 Å². The van der Waals surface area contributed by atoms with E-state index in [-0.39, 0.29) is 5.82 Å². The van der Waals surface area contributed by atoms with E-state index in [0.29, 0.717) is 4.57 Å². The number of halogens is 4. The Morgan fingerprint density at radius 3 is 2.64 bits per heavy atom. The zero-order valence-electron chi connectivity index (χ0n) is 7.05. The second-order valence-electron chi connectivity index (χ2n) is 3.32. The monoisotopic (exact) mass is 209 g/mol. The molecule has 0 fully saturated rings. The molecule has 1 aliphatic rings. The van der Waals surface area contributed by atoms with Gasteiger partial charge in [0.2, 0.25) is 0 Å². The minimum atomic E-state index is -3.31. The van der Waals surface area contributed by atoms with Gasteiger partial charge in [0.25, 0.3) is 5.92 Å². The van der Waals surface area contributed by atoms with Gasteiger partial charge < -0.3 is 0 Å². The minimum Gasteiger partial charge on any atom is -0.256 e. The second kappa shape index (κ2) is 2.68. The molecule has 0 spiro atoms. The molecule has 0 bridgehead atoms. The molecular formula is C7H7F4N3. The summed E-state index contributed by atoms with van der Waals surface area (Å²) in [7, 11) is 0. The van der Waals surface area contributed by atoms with Crippen molar-refractivity contribution in [3.05, 3.63) is 12.2 Å². The van der Waals surface area contributed by atoms with E-state index in [4.69, 9.17) is 0 Å². The fourth-order valence-corrected chi connectivity index (χ4v) is 1.43. The number of hydrogen-bond donors (Lipinski definition) is 0. The maximum atomic E-state index is 13.2. The quantitative estimate of drug-likeness (QED) is 0.610. The summed E-state index contributed by atoms with van der Waals surface area (Å²) < 4.78 is 52.7. The number of rotatable bonds is 0. The Morgan fingerprint density at radius 2 is 1.93 bits per heavy atom. The summed E-state index contributed by atoms with van der Waals surface area (Å²) >= 11 is 0. The molecular weight excluding hydrogens is 202 g/mol. The van der Waals surface area contributed by atoms with Crippen LogP contribution in [0.1, 0.15) is 18.7 Å². The fourth-order valence-electron chi connectivity index (χ4n) is 1.43. The Morgan fingerprint density at radius 1 is 1.21 bits per heavy atom. The van der Waals surface area contributed by atoms with Gasteiger partial charge in [-0.05, 0) is 0 Å². The van der Waals surface area contributed by atoms with Gasteiger partial charge in [0, 0.05) is 12.8 Å². The van der Waals surface area contributed by atoms with Gasteiger partial charge >= 0.3 is 6.05 Å². The Labute approximate surface area is 76.7 Å². The van der Waals surface area contributed by atoms with E-state index in [9.17, 15) is 17.6 Å². The van der Waals surface area contributed by atoms with E-state index in [1.165, 1.54) is 0 Å². The third-order valence-electron chi connectivity index (χ3n) is 2.18. The van der Waals surface area contributed by atoms with Crippen molar-refractivity contribution in [2.24, 2.45) is 0 Å². The summed E-state index contributed by atoms with van der Waals surface area (Å²) in [5.74, 6) is -3.48. The van der Waals surface area contributed by atoms with Crippen molar-refractivity contribution in [3.8, 4) is 0 Å². The van der Waals surface area contributed by atoms with Crippen molar-refractivity contribution in [1.82, 2.24) is 14.8 Å². The maximum absolute atomic E-state index is 13.2. The van der Waals surface area contributed by atoms with Crippen molar-refractivity contribution >= 4 is 0 Å². The van der Waals surface area contributed by atoms with Gasteiger partial charge in [-0.1, -0.05) is 0 Å². The SMILES string of the molecule is FC1(F)CCC(F)(F)n2cnnc2C1. The van der Waals surface area contributed by atoms with Gasteiger partial charge in [0.15, 0.2) is 0 Å². The molecule has 1 aromatic heterocycles. The lowest BCUT2D eigenvalue weighted by Crippen LogP contribution is -2.22.